The highest BCUT2D eigenvalue weighted by molar-refractivity contribution is 7.10. The van der Waals surface area contributed by atoms with Crippen molar-refractivity contribution in [3.05, 3.63) is 45.9 Å². The molecule has 0 unspecified atom stereocenters. The second kappa shape index (κ2) is 6.12. The molecule has 0 spiro atoms. The SMILES string of the molecule is CCCNCc1ccc(-c2ccsc2C)cc1F. The number of benzene rings is 1. The molecule has 0 atom stereocenters. The number of halogens is 1. The number of nitrogens with one attached hydrogen (secondary N) is 1. The summed E-state index contributed by atoms with van der Waals surface area (Å²) >= 11 is 1.69. The highest BCUT2D eigenvalue weighted by Crippen LogP contribution is 2.28. The Balaban J connectivity index is 2.17. The predicted octanol–water partition coefficient (Wildman–Crippen LogP) is 4.36. The smallest absolute Gasteiger partial charge is 0.128 e. The predicted molar refractivity (Wildman–Crippen MR) is 76.4 cm³/mol. The van der Waals surface area contributed by atoms with Gasteiger partial charge in [0.2, 0.25) is 0 Å². The van der Waals surface area contributed by atoms with Crippen molar-refractivity contribution in [1.29, 1.82) is 0 Å². The van der Waals surface area contributed by atoms with E-state index in [1.807, 2.05) is 23.6 Å². The molecule has 0 radical (unpaired) electrons. The summed E-state index contributed by atoms with van der Waals surface area (Å²) in [6.45, 7) is 5.69. The third-order valence-electron chi connectivity index (χ3n) is 2.97. The molecule has 0 amide bonds. The zero-order chi connectivity index (χ0) is 13.0. The van der Waals surface area contributed by atoms with Crippen LogP contribution in [0.3, 0.4) is 0 Å². The van der Waals surface area contributed by atoms with Crippen LogP contribution >= 0.6 is 11.3 Å². The zero-order valence-electron chi connectivity index (χ0n) is 10.8. The first kappa shape index (κ1) is 13.2. The van der Waals surface area contributed by atoms with Crippen molar-refractivity contribution in [2.45, 2.75) is 26.8 Å². The number of hydrogen-bond acceptors (Lipinski definition) is 2. The lowest BCUT2D eigenvalue weighted by Gasteiger charge is -2.07. The van der Waals surface area contributed by atoms with Gasteiger partial charge in [0.15, 0.2) is 0 Å². The normalized spacial score (nSPS) is 10.8. The van der Waals surface area contributed by atoms with E-state index < -0.39 is 0 Å². The zero-order valence-corrected chi connectivity index (χ0v) is 11.6. The Kier molecular flexibility index (Phi) is 4.50. The summed E-state index contributed by atoms with van der Waals surface area (Å²) in [4.78, 5) is 1.23. The van der Waals surface area contributed by atoms with Crippen molar-refractivity contribution in [2.75, 3.05) is 6.54 Å². The molecule has 0 saturated carbocycles. The van der Waals surface area contributed by atoms with Crippen LogP contribution in [0.25, 0.3) is 11.1 Å². The van der Waals surface area contributed by atoms with E-state index in [9.17, 15) is 4.39 Å². The first-order valence-electron chi connectivity index (χ1n) is 6.26. The van der Waals surface area contributed by atoms with Crippen LogP contribution in [-0.4, -0.2) is 6.54 Å². The molecule has 1 heterocycles. The van der Waals surface area contributed by atoms with Gasteiger partial charge in [0.05, 0.1) is 0 Å². The number of hydrogen-bond donors (Lipinski definition) is 1. The van der Waals surface area contributed by atoms with Gasteiger partial charge in [-0.3, -0.25) is 0 Å². The maximum Gasteiger partial charge on any atom is 0.128 e. The van der Waals surface area contributed by atoms with Crippen molar-refractivity contribution in [3.8, 4) is 11.1 Å². The topological polar surface area (TPSA) is 12.0 Å². The van der Waals surface area contributed by atoms with Crippen molar-refractivity contribution < 1.29 is 4.39 Å². The summed E-state index contributed by atoms with van der Waals surface area (Å²) in [6.07, 6.45) is 1.06. The quantitative estimate of drug-likeness (QED) is 0.790. The summed E-state index contributed by atoms with van der Waals surface area (Å²) in [5, 5.41) is 5.26. The molecule has 0 bridgehead atoms. The summed E-state index contributed by atoms with van der Waals surface area (Å²) in [5.41, 5.74) is 2.83. The fourth-order valence-corrected chi connectivity index (χ4v) is 2.66. The number of aryl methyl sites for hydroxylation is 1. The van der Waals surface area contributed by atoms with Crippen molar-refractivity contribution in [2.24, 2.45) is 0 Å². The highest BCUT2D eigenvalue weighted by atomic mass is 32.1. The van der Waals surface area contributed by atoms with Crippen LogP contribution in [0.5, 0.6) is 0 Å². The molecule has 3 heteroatoms. The lowest BCUT2D eigenvalue weighted by Crippen LogP contribution is -2.14. The summed E-state index contributed by atoms with van der Waals surface area (Å²) in [7, 11) is 0. The van der Waals surface area contributed by atoms with Gasteiger partial charge in [-0.1, -0.05) is 19.1 Å². The molecule has 0 aliphatic carbocycles. The summed E-state index contributed by atoms with van der Waals surface area (Å²) in [5.74, 6) is -0.123. The molecule has 96 valence electrons. The molecule has 0 saturated heterocycles. The Labute approximate surface area is 112 Å². The molecule has 0 aliphatic heterocycles. The van der Waals surface area contributed by atoms with Gasteiger partial charge in [0.25, 0.3) is 0 Å². The van der Waals surface area contributed by atoms with Gasteiger partial charge in [0, 0.05) is 17.0 Å². The van der Waals surface area contributed by atoms with E-state index in [0.29, 0.717) is 6.54 Å². The second-order valence-corrected chi connectivity index (χ2v) is 5.49. The Morgan fingerprint density at radius 2 is 2.11 bits per heavy atom. The first-order chi connectivity index (χ1) is 8.72. The summed E-state index contributed by atoms with van der Waals surface area (Å²) in [6, 6.07) is 7.56. The molecule has 2 rings (SSSR count). The minimum atomic E-state index is -0.123. The third kappa shape index (κ3) is 2.98. The van der Waals surface area contributed by atoms with E-state index in [1.54, 1.807) is 17.4 Å². The molecule has 0 fully saturated rings. The lowest BCUT2D eigenvalue weighted by molar-refractivity contribution is 0.587. The second-order valence-electron chi connectivity index (χ2n) is 4.37. The van der Waals surface area contributed by atoms with Gasteiger partial charge in [-0.2, -0.15) is 0 Å². The van der Waals surface area contributed by atoms with Crippen LogP contribution in [0.1, 0.15) is 23.8 Å². The van der Waals surface area contributed by atoms with E-state index in [2.05, 4.69) is 19.2 Å². The van der Waals surface area contributed by atoms with E-state index in [-0.39, 0.29) is 5.82 Å². The Morgan fingerprint density at radius 3 is 2.72 bits per heavy atom. The van der Waals surface area contributed by atoms with Gasteiger partial charge < -0.3 is 5.32 Å². The van der Waals surface area contributed by atoms with Gasteiger partial charge >= 0.3 is 0 Å². The van der Waals surface area contributed by atoms with Crippen molar-refractivity contribution >= 4 is 11.3 Å². The lowest BCUT2D eigenvalue weighted by atomic mass is 10.0. The van der Waals surface area contributed by atoms with Crippen LogP contribution in [0.4, 0.5) is 4.39 Å². The maximum absolute atomic E-state index is 14.0. The molecule has 0 aliphatic rings. The minimum absolute atomic E-state index is 0.123. The van der Waals surface area contributed by atoms with E-state index >= 15 is 0 Å². The van der Waals surface area contributed by atoms with Crippen LogP contribution in [0.15, 0.2) is 29.6 Å². The molecule has 1 N–H and O–H groups in total. The van der Waals surface area contributed by atoms with Crippen LogP contribution < -0.4 is 5.32 Å². The largest absolute Gasteiger partial charge is 0.313 e. The molecular formula is C15H18FNS. The monoisotopic (exact) mass is 263 g/mol. The molecule has 18 heavy (non-hydrogen) atoms. The Hall–Kier alpha value is -1.19. The van der Waals surface area contributed by atoms with Crippen molar-refractivity contribution in [1.82, 2.24) is 5.32 Å². The van der Waals surface area contributed by atoms with E-state index in [0.717, 1.165) is 29.7 Å². The van der Waals surface area contributed by atoms with Crippen molar-refractivity contribution in [3.63, 3.8) is 0 Å². The maximum atomic E-state index is 14.0. The Bertz CT molecular complexity index is 519. The average molecular weight is 263 g/mol. The van der Waals surface area contributed by atoms with Gasteiger partial charge in [-0.15, -0.1) is 11.3 Å². The molecular weight excluding hydrogens is 245 g/mol. The fraction of sp³-hybridized carbons (Fsp3) is 0.333. The third-order valence-corrected chi connectivity index (χ3v) is 3.81. The van der Waals surface area contributed by atoms with Crippen LogP contribution in [0.2, 0.25) is 0 Å². The van der Waals surface area contributed by atoms with E-state index in [1.165, 1.54) is 4.88 Å². The standard InChI is InChI=1S/C15H18FNS/c1-3-7-17-10-13-5-4-12(9-15(13)16)14-6-8-18-11(14)2/h4-6,8-9,17H,3,7,10H2,1-2H3. The molecule has 1 aromatic heterocycles. The van der Waals surface area contributed by atoms with E-state index in [4.69, 9.17) is 0 Å². The molecule has 2 aromatic rings. The van der Waals surface area contributed by atoms with Gasteiger partial charge in [-0.05, 0) is 48.5 Å². The summed E-state index contributed by atoms with van der Waals surface area (Å²) < 4.78 is 14.0. The van der Waals surface area contributed by atoms with Crippen LogP contribution in [0, 0.1) is 12.7 Å². The highest BCUT2D eigenvalue weighted by Gasteiger charge is 2.07. The first-order valence-corrected chi connectivity index (χ1v) is 7.14. The number of rotatable bonds is 5. The molecule has 1 nitrogen and oxygen atoms in total. The number of thiophene rings is 1. The fourth-order valence-electron chi connectivity index (χ4n) is 1.94. The Morgan fingerprint density at radius 1 is 1.28 bits per heavy atom. The van der Waals surface area contributed by atoms with Crippen LogP contribution in [-0.2, 0) is 6.54 Å². The van der Waals surface area contributed by atoms with Gasteiger partial charge in [0.1, 0.15) is 5.82 Å². The van der Waals surface area contributed by atoms with Gasteiger partial charge in [-0.25, -0.2) is 4.39 Å². The average Bonchev–Trinajstić information content (AvgIpc) is 2.78. The molecule has 1 aromatic carbocycles. The minimum Gasteiger partial charge on any atom is -0.313 e.